The summed E-state index contributed by atoms with van der Waals surface area (Å²) in [4.78, 5) is 14.6. The van der Waals surface area contributed by atoms with Gasteiger partial charge >= 0.3 is 0 Å². The van der Waals surface area contributed by atoms with Gasteiger partial charge in [0.05, 0.1) is 0 Å². The summed E-state index contributed by atoms with van der Waals surface area (Å²) >= 11 is 0. The molecule has 2 rings (SSSR count). The first-order chi connectivity index (χ1) is 9.26. The van der Waals surface area contributed by atoms with E-state index in [0.717, 1.165) is 38.9 Å². The van der Waals surface area contributed by atoms with Crippen molar-refractivity contribution in [3.05, 3.63) is 0 Å². The van der Waals surface area contributed by atoms with E-state index in [4.69, 9.17) is 0 Å². The third-order valence-corrected chi connectivity index (χ3v) is 4.93. The van der Waals surface area contributed by atoms with Crippen molar-refractivity contribution in [1.82, 2.24) is 10.2 Å². The second-order valence-electron chi connectivity index (χ2n) is 6.28. The molecule has 0 spiro atoms. The number of carbonyl (C=O) groups excluding carboxylic acids is 1. The summed E-state index contributed by atoms with van der Waals surface area (Å²) in [7, 11) is 0. The van der Waals surface area contributed by atoms with Crippen LogP contribution in [0.25, 0.3) is 0 Å². The minimum Gasteiger partial charge on any atom is -0.342 e. The van der Waals surface area contributed by atoms with Crippen molar-refractivity contribution in [3.8, 4) is 0 Å². The summed E-state index contributed by atoms with van der Waals surface area (Å²) < 4.78 is 0. The molecule has 0 aromatic heterocycles. The fraction of sp³-hybridized carbons (Fsp3) is 0.938. The monoisotopic (exact) mass is 266 g/mol. The van der Waals surface area contributed by atoms with Gasteiger partial charge in [-0.2, -0.15) is 0 Å². The first-order valence-corrected chi connectivity index (χ1v) is 8.28. The minimum absolute atomic E-state index is 0.345. The van der Waals surface area contributed by atoms with Crippen LogP contribution < -0.4 is 5.32 Å². The predicted molar refractivity (Wildman–Crippen MR) is 79.0 cm³/mol. The van der Waals surface area contributed by atoms with E-state index in [-0.39, 0.29) is 0 Å². The number of hydrogen-bond acceptors (Lipinski definition) is 2. The fourth-order valence-corrected chi connectivity index (χ4v) is 3.68. The van der Waals surface area contributed by atoms with E-state index < -0.39 is 0 Å². The van der Waals surface area contributed by atoms with E-state index in [1.54, 1.807) is 0 Å². The molecule has 2 aliphatic rings. The third kappa shape index (κ3) is 3.71. The largest absolute Gasteiger partial charge is 0.342 e. The van der Waals surface area contributed by atoms with Crippen LogP contribution in [0.3, 0.4) is 0 Å². The second-order valence-corrected chi connectivity index (χ2v) is 6.28. The molecule has 1 heterocycles. The Balaban J connectivity index is 1.86. The van der Waals surface area contributed by atoms with Crippen LogP contribution in [-0.4, -0.2) is 36.5 Å². The van der Waals surface area contributed by atoms with Crippen LogP contribution in [0.2, 0.25) is 0 Å². The molecule has 1 aliphatic carbocycles. The van der Waals surface area contributed by atoms with E-state index in [1.807, 2.05) is 0 Å². The van der Waals surface area contributed by atoms with Gasteiger partial charge in [0, 0.05) is 25.0 Å². The molecular formula is C16H30N2O. The van der Waals surface area contributed by atoms with Crippen LogP contribution in [0, 0.1) is 11.8 Å². The number of hydrogen-bond donors (Lipinski definition) is 1. The lowest BCUT2D eigenvalue weighted by atomic mass is 9.89. The molecule has 0 aromatic carbocycles. The number of piperidine rings is 1. The lowest BCUT2D eigenvalue weighted by Crippen LogP contribution is -2.52. The highest BCUT2D eigenvalue weighted by atomic mass is 16.2. The van der Waals surface area contributed by atoms with Gasteiger partial charge in [0.1, 0.15) is 0 Å². The Hall–Kier alpha value is -0.570. The lowest BCUT2D eigenvalue weighted by molar-refractivity contribution is -0.137. The summed E-state index contributed by atoms with van der Waals surface area (Å²) in [6, 6.07) is 0.623. The molecule has 1 amide bonds. The van der Waals surface area contributed by atoms with Crippen molar-refractivity contribution in [2.24, 2.45) is 11.8 Å². The molecule has 3 nitrogen and oxygen atoms in total. The van der Waals surface area contributed by atoms with E-state index in [9.17, 15) is 4.79 Å². The van der Waals surface area contributed by atoms with Crippen LogP contribution in [0.4, 0.5) is 0 Å². The first kappa shape index (κ1) is 14.8. The molecule has 1 N–H and O–H groups in total. The van der Waals surface area contributed by atoms with Gasteiger partial charge in [0.25, 0.3) is 0 Å². The zero-order valence-corrected chi connectivity index (χ0v) is 12.7. The number of rotatable bonds is 5. The van der Waals surface area contributed by atoms with Crippen LogP contribution in [0.5, 0.6) is 0 Å². The van der Waals surface area contributed by atoms with E-state index in [1.165, 1.54) is 25.7 Å². The molecule has 3 heteroatoms. The van der Waals surface area contributed by atoms with E-state index >= 15 is 0 Å². The summed E-state index contributed by atoms with van der Waals surface area (Å²) in [5.74, 6) is 1.44. The zero-order valence-electron chi connectivity index (χ0n) is 12.7. The van der Waals surface area contributed by atoms with Crippen molar-refractivity contribution >= 4 is 5.91 Å². The number of likely N-dealkylation sites (tertiary alicyclic amines) is 1. The Morgan fingerprint density at radius 2 is 1.95 bits per heavy atom. The molecule has 1 aliphatic heterocycles. The SMILES string of the molecule is CCCNC1CCN(C(=O)C2CCCC2)CC1CC. The highest BCUT2D eigenvalue weighted by Gasteiger charge is 2.33. The van der Waals surface area contributed by atoms with Gasteiger partial charge in [-0.05, 0) is 38.1 Å². The summed E-state index contributed by atoms with van der Waals surface area (Å²) in [5, 5.41) is 3.66. The molecule has 0 bridgehead atoms. The molecule has 2 fully saturated rings. The first-order valence-electron chi connectivity index (χ1n) is 8.28. The maximum atomic E-state index is 12.5. The van der Waals surface area contributed by atoms with Gasteiger partial charge in [0.2, 0.25) is 5.91 Å². The summed E-state index contributed by atoms with van der Waals surface area (Å²) in [6.45, 7) is 7.53. The average Bonchev–Trinajstić information content (AvgIpc) is 2.98. The molecular weight excluding hydrogens is 236 g/mol. The maximum Gasteiger partial charge on any atom is 0.225 e. The fourth-order valence-electron chi connectivity index (χ4n) is 3.68. The predicted octanol–water partition coefficient (Wildman–Crippen LogP) is 2.80. The third-order valence-electron chi connectivity index (χ3n) is 4.93. The highest BCUT2D eigenvalue weighted by molar-refractivity contribution is 5.79. The van der Waals surface area contributed by atoms with Crippen molar-refractivity contribution in [3.63, 3.8) is 0 Å². The summed E-state index contributed by atoms with van der Waals surface area (Å²) in [6.07, 6.45) is 8.27. The summed E-state index contributed by atoms with van der Waals surface area (Å²) in [5.41, 5.74) is 0. The van der Waals surface area contributed by atoms with Gasteiger partial charge in [-0.1, -0.05) is 33.1 Å². The average molecular weight is 266 g/mol. The smallest absolute Gasteiger partial charge is 0.225 e. The molecule has 1 saturated carbocycles. The molecule has 2 unspecified atom stereocenters. The highest BCUT2D eigenvalue weighted by Crippen LogP contribution is 2.29. The number of amides is 1. The van der Waals surface area contributed by atoms with Crippen LogP contribution >= 0.6 is 0 Å². The molecule has 0 radical (unpaired) electrons. The maximum absolute atomic E-state index is 12.5. The topological polar surface area (TPSA) is 32.3 Å². The van der Waals surface area contributed by atoms with Gasteiger partial charge in [-0.15, -0.1) is 0 Å². The van der Waals surface area contributed by atoms with Crippen molar-refractivity contribution in [1.29, 1.82) is 0 Å². The normalized spacial score (nSPS) is 28.8. The van der Waals surface area contributed by atoms with Crippen molar-refractivity contribution < 1.29 is 4.79 Å². The van der Waals surface area contributed by atoms with Crippen LogP contribution in [0.15, 0.2) is 0 Å². The molecule has 2 atom stereocenters. The Morgan fingerprint density at radius 3 is 2.58 bits per heavy atom. The Bertz CT molecular complexity index is 286. The Labute approximate surface area is 118 Å². The van der Waals surface area contributed by atoms with Gasteiger partial charge in [0.15, 0.2) is 0 Å². The lowest BCUT2D eigenvalue weighted by Gasteiger charge is -2.39. The van der Waals surface area contributed by atoms with Crippen molar-refractivity contribution in [2.45, 2.75) is 64.8 Å². The molecule has 19 heavy (non-hydrogen) atoms. The number of nitrogens with one attached hydrogen (secondary N) is 1. The van der Waals surface area contributed by atoms with Gasteiger partial charge in [-0.3, -0.25) is 4.79 Å². The van der Waals surface area contributed by atoms with E-state index in [0.29, 0.717) is 23.8 Å². The minimum atomic E-state index is 0.345. The van der Waals surface area contributed by atoms with Gasteiger partial charge in [-0.25, -0.2) is 0 Å². The standard InChI is InChI=1S/C16H30N2O/c1-3-10-17-15-9-11-18(12-13(15)4-2)16(19)14-7-5-6-8-14/h13-15,17H,3-12H2,1-2H3. The zero-order chi connectivity index (χ0) is 13.7. The van der Waals surface area contributed by atoms with Crippen LogP contribution in [-0.2, 0) is 4.79 Å². The van der Waals surface area contributed by atoms with Crippen molar-refractivity contribution in [2.75, 3.05) is 19.6 Å². The Morgan fingerprint density at radius 1 is 1.21 bits per heavy atom. The number of nitrogens with zero attached hydrogens (tertiary/aromatic N) is 1. The van der Waals surface area contributed by atoms with Gasteiger partial charge < -0.3 is 10.2 Å². The second kappa shape index (κ2) is 7.28. The molecule has 110 valence electrons. The molecule has 0 aromatic rings. The Kier molecular flexibility index (Phi) is 5.68. The quantitative estimate of drug-likeness (QED) is 0.830. The number of carbonyl (C=O) groups is 1. The van der Waals surface area contributed by atoms with Crippen LogP contribution in [0.1, 0.15) is 58.8 Å². The molecule has 1 saturated heterocycles. The van der Waals surface area contributed by atoms with E-state index in [2.05, 4.69) is 24.1 Å².